The number of aryl methyl sites for hydroxylation is 1. The van der Waals surface area contributed by atoms with Gasteiger partial charge in [-0.3, -0.25) is 0 Å². The summed E-state index contributed by atoms with van der Waals surface area (Å²) in [5, 5.41) is 16.3. The Hall–Kier alpha value is -0.780. The lowest BCUT2D eigenvalue weighted by Gasteiger charge is -2.14. The van der Waals surface area contributed by atoms with Crippen LogP contribution in [-0.4, -0.2) is 21.2 Å². The summed E-state index contributed by atoms with van der Waals surface area (Å²) < 4.78 is 0. The molecule has 0 bridgehead atoms. The molecular formula is C14H20N2OS2. The highest BCUT2D eigenvalue weighted by Crippen LogP contribution is 2.24. The zero-order chi connectivity index (χ0) is 14.0. The molecule has 2 rings (SSSR count). The lowest BCUT2D eigenvalue weighted by Crippen LogP contribution is -2.15. The smallest absolute Gasteiger partial charge is 0.0954 e. The molecule has 0 saturated heterocycles. The van der Waals surface area contributed by atoms with Crippen LogP contribution in [0.5, 0.6) is 0 Å². The fourth-order valence-corrected chi connectivity index (χ4v) is 3.49. The highest BCUT2D eigenvalue weighted by molar-refractivity contribution is 7.09. The molecule has 0 radical (unpaired) electrons. The van der Waals surface area contributed by atoms with Gasteiger partial charge < -0.3 is 5.11 Å². The van der Waals surface area contributed by atoms with Crippen LogP contribution in [0.4, 0.5) is 0 Å². The Balaban J connectivity index is 1.95. The molecule has 1 unspecified atom stereocenters. The van der Waals surface area contributed by atoms with Crippen molar-refractivity contribution in [3.63, 3.8) is 0 Å². The Labute approximate surface area is 122 Å². The van der Waals surface area contributed by atoms with Crippen LogP contribution in [0.3, 0.4) is 0 Å². The van der Waals surface area contributed by atoms with Crippen molar-refractivity contribution >= 4 is 22.7 Å². The van der Waals surface area contributed by atoms with E-state index in [9.17, 15) is 5.11 Å². The van der Waals surface area contributed by atoms with Crippen molar-refractivity contribution in [2.24, 2.45) is 0 Å². The first-order valence-electron chi connectivity index (χ1n) is 6.38. The number of aliphatic hydroxyl groups is 1. The van der Waals surface area contributed by atoms with Gasteiger partial charge in [-0.15, -0.1) is 22.7 Å². The zero-order valence-corrected chi connectivity index (χ0v) is 13.4. The second kappa shape index (κ2) is 5.69. The maximum atomic E-state index is 10.1. The second-order valence-corrected chi connectivity index (χ2v) is 7.80. The van der Waals surface area contributed by atoms with E-state index in [-0.39, 0.29) is 5.41 Å². The molecule has 104 valence electrons. The van der Waals surface area contributed by atoms with Gasteiger partial charge in [0.25, 0.3) is 0 Å². The van der Waals surface area contributed by atoms with Gasteiger partial charge in [-0.25, -0.2) is 9.97 Å². The van der Waals surface area contributed by atoms with Crippen LogP contribution in [0.15, 0.2) is 10.8 Å². The quantitative estimate of drug-likeness (QED) is 0.941. The molecule has 2 aromatic heterocycles. The number of hydrogen-bond acceptors (Lipinski definition) is 5. The van der Waals surface area contributed by atoms with Crippen LogP contribution in [0, 0.1) is 6.92 Å². The van der Waals surface area contributed by atoms with Crippen molar-refractivity contribution in [2.75, 3.05) is 0 Å². The van der Waals surface area contributed by atoms with Crippen LogP contribution in [0.25, 0.3) is 0 Å². The van der Waals surface area contributed by atoms with Crippen molar-refractivity contribution in [1.29, 1.82) is 0 Å². The van der Waals surface area contributed by atoms with Crippen molar-refractivity contribution in [3.8, 4) is 0 Å². The van der Waals surface area contributed by atoms with Crippen LogP contribution in [0.2, 0.25) is 0 Å². The molecule has 0 aromatic carbocycles. The summed E-state index contributed by atoms with van der Waals surface area (Å²) in [4.78, 5) is 8.99. The summed E-state index contributed by atoms with van der Waals surface area (Å²) in [5.74, 6) is 0. The first-order valence-corrected chi connectivity index (χ1v) is 8.14. The van der Waals surface area contributed by atoms with Gasteiger partial charge in [0.1, 0.15) is 0 Å². The normalized spacial score (nSPS) is 13.7. The van der Waals surface area contributed by atoms with E-state index in [0.29, 0.717) is 12.8 Å². The van der Waals surface area contributed by atoms with Crippen molar-refractivity contribution in [2.45, 2.75) is 52.1 Å². The molecule has 5 heteroatoms. The Bertz CT molecular complexity index is 540. The molecule has 1 atom stereocenters. The van der Waals surface area contributed by atoms with E-state index in [1.165, 1.54) is 0 Å². The predicted molar refractivity (Wildman–Crippen MR) is 81.1 cm³/mol. The van der Waals surface area contributed by atoms with Crippen molar-refractivity contribution < 1.29 is 5.11 Å². The van der Waals surface area contributed by atoms with Crippen LogP contribution in [0.1, 0.15) is 42.2 Å². The minimum absolute atomic E-state index is 0.0751. The molecule has 1 N–H and O–H groups in total. The molecule has 0 aliphatic carbocycles. The van der Waals surface area contributed by atoms with Crippen molar-refractivity contribution in [3.05, 3.63) is 32.2 Å². The van der Waals surface area contributed by atoms with Gasteiger partial charge in [0.2, 0.25) is 0 Å². The van der Waals surface area contributed by atoms with E-state index in [0.717, 1.165) is 21.4 Å². The predicted octanol–water partition coefficient (Wildman–Crippen LogP) is 3.35. The zero-order valence-electron chi connectivity index (χ0n) is 11.8. The highest BCUT2D eigenvalue weighted by Gasteiger charge is 2.18. The topological polar surface area (TPSA) is 46.0 Å². The van der Waals surface area contributed by atoms with E-state index >= 15 is 0 Å². The maximum absolute atomic E-state index is 10.1. The molecule has 0 spiro atoms. The standard InChI is InChI=1S/C14H20N2OS2/c1-9-15-10(7-18-9)5-11(17)6-13-16-12(8-19-13)14(2,3)4/h7-8,11,17H,5-6H2,1-4H3. The van der Waals surface area contributed by atoms with E-state index in [1.807, 2.05) is 12.3 Å². The van der Waals surface area contributed by atoms with Crippen LogP contribution >= 0.6 is 22.7 Å². The van der Waals surface area contributed by atoms with Gasteiger partial charge in [0.15, 0.2) is 0 Å². The van der Waals surface area contributed by atoms with E-state index in [2.05, 4.69) is 36.1 Å². The second-order valence-electron chi connectivity index (χ2n) is 5.80. The molecule has 0 amide bonds. The van der Waals surface area contributed by atoms with Gasteiger partial charge in [-0.1, -0.05) is 20.8 Å². The number of hydrogen-bond donors (Lipinski definition) is 1. The summed E-state index contributed by atoms with van der Waals surface area (Å²) in [6.45, 7) is 8.44. The van der Waals surface area contributed by atoms with Crippen LogP contribution in [-0.2, 0) is 18.3 Å². The molecule has 2 aromatic rings. The summed E-state index contributed by atoms with van der Waals surface area (Å²) in [6.07, 6.45) is 0.812. The molecule has 0 aliphatic heterocycles. The average Bonchev–Trinajstić information content (AvgIpc) is 2.87. The number of aromatic nitrogens is 2. The Morgan fingerprint density at radius 3 is 2.42 bits per heavy atom. The number of nitrogens with zero attached hydrogens (tertiary/aromatic N) is 2. The Morgan fingerprint density at radius 1 is 1.16 bits per heavy atom. The van der Waals surface area contributed by atoms with Crippen molar-refractivity contribution in [1.82, 2.24) is 9.97 Å². The minimum atomic E-state index is -0.402. The average molecular weight is 296 g/mol. The van der Waals surface area contributed by atoms with Gasteiger partial charge in [-0.2, -0.15) is 0 Å². The highest BCUT2D eigenvalue weighted by atomic mass is 32.1. The van der Waals surface area contributed by atoms with E-state index in [4.69, 9.17) is 0 Å². The van der Waals surface area contributed by atoms with Gasteiger partial charge in [0.05, 0.1) is 27.5 Å². The van der Waals surface area contributed by atoms with Crippen LogP contribution < -0.4 is 0 Å². The summed E-state index contributed by atoms with van der Waals surface area (Å²) in [7, 11) is 0. The third-order valence-corrected chi connectivity index (χ3v) is 4.54. The Morgan fingerprint density at radius 2 is 1.89 bits per heavy atom. The van der Waals surface area contributed by atoms with E-state index in [1.54, 1.807) is 22.7 Å². The summed E-state index contributed by atoms with van der Waals surface area (Å²) >= 11 is 3.26. The fourth-order valence-electron chi connectivity index (χ4n) is 1.77. The largest absolute Gasteiger partial charge is 0.392 e. The molecule has 0 fully saturated rings. The molecule has 0 aliphatic rings. The summed E-state index contributed by atoms with van der Waals surface area (Å²) in [5.41, 5.74) is 2.15. The molecule has 3 nitrogen and oxygen atoms in total. The third-order valence-electron chi connectivity index (χ3n) is 2.84. The van der Waals surface area contributed by atoms with E-state index < -0.39 is 6.10 Å². The van der Waals surface area contributed by atoms with Gasteiger partial charge in [0, 0.05) is 29.0 Å². The lowest BCUT2D eigenvalue weighted by molar-refractivity contribution is 0.174. The monoisotopic (exact) mass is 296 g/mol. The molecule has 2 heterocycles. The molecular weight excluding hydrogens is 276 g/mol. The first-order chi connectivity index (χ1) is 8.84. The fraction of sp³-hybridized carbons (Fsp3) is 0.571. The minimum Gasteiger partial charge on any atom is -0.392 e. The molecule has 0 saturated carbocycles. The van der Waals surface area contributed by atoms with Gasteiger partial charge in [-0.05, 0) is 6.92 Å². The third kappa shape index (κ3) is 4.09. The lowest BCUT2D eigenvalue weighted by atomic mass is 9.93. The SMILES string of the molecule is Cc1nc(CC(O)Cc2nc(C(C)(C)C)cs2)cs1. The number of aliphatic hydroxyl groups excluding tert-OH is 1. The Kier molecular flexibility index (Phi) is 4.38. The number of rotatable bonds is 4. The molecule has 19 heavy (non-hydrogen) atoms. The maximum Gasteiger partial charge on any atom is 0.0954 e. The number of thiazole rings is 2. The first kappa shape index (κ1) is 14.6. The van der Waals surface area contributed by atoms with Gasteiger partial charge >= 0.3 is 0 Å². The summed E-state index contributed by atoms with van der Waals surface area (Å²) in [6, 6.07) is 0.